The van der Waals surface area contributed by atoms with Crippen molar-refractivity contribution < 1.29 is 14.0 Å². The normalized spacial score (nSPS) is 11.9. The van der Waals surface area contributed by atoms with Gasteiger partial charge in [-0.3, -0.25) is 9.59 Å². The standard InChI is InChI=1S/C20H18FN5O2/c1-14(26-13-22-12-23-26)20(28)25-17-9-7-16(8-10-17)24-19(27)11-6-15-4-2-3-5-18(15)21/h2-14H,1H3,(H,24,27)(H,25,28)/b11-6+. The van der Waals surface area contributed by atoms with Crippen molar-refractivity contribution in [3.63, 3.8) is 0 Å². The van der Waals surface area contributed by atoms with Crippen LogP contribution in [0.2, 0.25) is 0 Å². The molecule has 0 aliphatic carbocycles. The summed E-state index contributed by atoms with van der Waals surface area (Å²) < 4.78 is 15.0. The number of benzene rings is 2. The molecule has 1 heterocycles. The second-order valence-electron chi connectivity index (χ2n) is 5.96. The molecule has 2 N–H and O–H groups in total. The molecule has 0 aliphatic rings. The van der Waals surface area contributed by atoms with Crippen LogP contribution < -0.4 is 10.6 Å². The number of nitrogens with zero attached hydrogens (tertiary/aromatic N) is 3. The van der Waals surface area contributed by atoms with Crippen LogP contribution in [0.4, 0.5) is 15.8 Å². The van der Waals surface area contributed by atoms with Gasteiger partial charge in [-0.1, -0.05) is 18.2 Å². The summed E-state index contributed by atoms with van der Waals surface area (Å²) in [7, 11) is 0. The van der Waals surface area contributed by atoms with Gasteiger partial charge in [0.25, 0.3) is 0 Å². The zero-order valence-corrected chi connectivity index (χ0v) is 15.0. The van der Waals surface area contributed by atoms with Gasteiger partial charge in [-0.25, -0.2) is 14.1 Å². The largest absolute Gasteiger partial charge is 0.324 e. The van der Waals surface area contributed by atoms with Crippen LogP contribution >= 0.6 is 0 Å². The van der Waals surface area contributed by atoms with Gasteiger partial charge < -0.3 is 10.6 Å². The number of anilines is 2. The van der Waals surface area contributed by atoms with Crippen LogP contribution in [0.1, 0.15) is 18.5 Å². The minimum Gasteiger partial charge on any atom is -0.324 e. The third-order valence-electron chi connectivity index (χ3n) is 3.95. The molecule has 0 bridgehead atoms. The average Bonchev–Trinajstić information content (AvgIpc) is 3.23. The van der Waals surface area contributed by atoms with Crippen molar-refractivity contribution >= 4 is 29.3 Å². The Kier molecular flexibility index (Phi) is 5.91. The van der Waals surface area contributed by atoms with E-state index in [1.54, 1.807) is 49.4 Å². The highest BCUT2D eigenvalue weighted by atomic mass is 19.1. The van der Waals surface area contributed by atoms with Crippen LogP contribution in [0.3, 0.4) is 0 Å². The van der Waals surface area contributed by atoms with Gasteiger partial charge in [0, 0.05) is 23.0 Å². The molecule has 0 fully saturated rings. The van der Waals surface area contributed by atoms with Gasteiger partial charge in [-0.05, 0) is 43.3 Å². The lowest BCUT2D eigenvalue weighted by Gasteiger charge is -2.12. The summed E-state index contributed by atoms with van der Waals surface area (Å²) >= 11 is 0. The molecule has 7 nitrogen and oxygen atoms in total. The van der Waals surface area contributed by atoms with E-state index in [2.05, 4.69) is 20.7 Å². The van der Waals surface area contributed by atoms with E-state index in [1.165, 1.54) is 35.6 Å². The first-order valence-electron chi connectivity index (χ1n) is 8.51. The van der Waals surface area contributed by atoms with Crippen LogP contribution in [0.5, 0.6) is 0 Å². The predicted octanol–water partition coefficient (Wildman–Crippen LogP) is 3.27. The predicted molar refractivity (Wildman–Crippen MR) is 104 cm³/mol. The Morgan fingerprint density at radius 1 is 1.07 bits per heavy atom. The zero-order chi connectivity index (χ0) is 19.9. The Balaban J connectivity index is 1.56. The summed E-state index contributed by atoms with van der Waals surface area (Å²) in [4.78, 5) is 28.0. The minimum absolute atomic E-state index is 0.241. The molecule has 1 atom stereocenters. The molecule has 0 saturated heterocycles. The van der Waals surface area contributed by atoms with Gasteiger partial charge in [0.1, 0.15) is 24.5 Å². The fourth-order valence-corrected chi connectivity index (χ4v) is 2.38. The highest BCUT2D eigenvalue weighted by Gasteiger charge is 2.15. The lowest BCUT2D eigenvalue weighted by molar-refractivity contribution is -0.119. The maximum absolute atomic E-state index is 13.5. The molecule has 142 valence electrons. The smallest absolute Gasteiger partial charge is 0.249 e. The lowest BCUT2D eigenvalue weighted by atomic mass is 10.2. The first-order chi connectivity index (χ1) is 13.5. The van der Waals surface area contributed by atoms with Crippen molar-refractivity contribution in [3.8, 4) is 0 Å². The molecule has 0 spiro atoms. The first kappa shape index (κ1) is 19.0. The highest BCUT2D eigenvalue weighted by Crippen LogP contribution is 2.16. The second kappa shape index (κ2) is 8.72. The number of amides is 2. The van der Waals surface area contributed by atoms with Crippen molar-refractivity contribution in [2.45, 2.75) is 13.0 Å². The third-order valence-corrected chi connectivity index (χ3v) is 3.95. The quantitative estimate of drug-likeness (QED) is 0.644. The van der Waals surface area contributed by atoms with Gasteiger partial charge >= 0.3 is 0 Å². The second-order valence-corrected chi connectivity index (χ2v) is 5.96. The fraction of sp³-hybridized carbons (Fsp3) is 0.100. The number of hydrogen-bond donors (Lipinski definition) is 2. The highest BCUT2D eigenvalue weighted by molar-refractivity contribution is 6.02. The van der Waals surface area contributed by atoms with Crippen LogP contribution in [0.15, 0.2) is 67.3 Å². The van der Waals surface area contributed by atoms with Crippen LogP contribution in [-0.2, 0) is 9.59 Å². The Morgan fingerprint density at radius 3 is 2.39 bits per heavy atom. The van der Waals surface area contributed by atoms with Crippen LogP contribution in [0, 0.1) is 5.82 Å². The topological polar surface area (TPSA) is 88.9 Å². The SMILES string of the molecule is CC(C(=O)Nc1ccc(NC(=O)/C=C/c2ccccc2F)cc1)n1cncn1. The van der Waals surface area contributed by atoms with Crippen LogP contribution in [-0.4, -0.2) is 26.6 Å². The number of carbonyl (C=O) groups is 2. The number of halogens is 1. The van der Waals surface area contributed by atoms with E-state index in [0.29, 0.717) is 16.9 Å². The molecule has 0 radical (unpaired) electrons. The first-order valence-corrected chi connectivity index (χ1v) is 8.51. The van der Waals surface area contributed by atoms with Gasteiger partial charge in [-0.15, -0.1) is 0 Å². The molecule has 0 aliphatic heterocycles. The Morgan fingerprint density at radius 2 is 1.75 bits per heavy atom. The van der Waals surface area contributed by atoms with E-state index in [9.17, 15) is 14.0 Å². The summed E-state index contributed by atoms with van der Waals surface area (Å²) in [5.41, 5.74) is 1.46. The molecule has 0 saturated carbocycles. The van der Waals surface area contributed by atoms with Crippen molar-refractivity contribution in [1.29, 1.82) is 0 Å². The summed E-state index contributed by atoms with van der Waals surface area (Å²) in [5.74, 6) is -1.03. The summed E-state index contributed by atoms with van der Waals surface area (Å²) in [5, 5.41) is 9.38. The molecular formula is C20H18FN5O2. The van der Waals surface area contributed by atoms with Gasteiger partial charge in [0.05, 0.1) is 0 Å². The molecule has 28 heavy (non-hydrogen) atoms. The average molecular weight is 379 g/mol. The monoisotopic (exact) mass is 379 g/mol. The summed E-state index contributed by atoms with van der Waals surface area (Å²) in [6, 6.07) is 12.3. The summed E-state index contributed by atoms with van der Waals surface area (Å²) in [6.45, 7) is 1.71. The molecular weight excluding hydrogens is 361 g/mol. The Hall–Kier alpha value is -3.81. The van der Waals surface area contributed by atoms with E-state index in [1.807, 2.05) is 0 Å². The molecule has 8 heteroatoms. The molecule has 1 aromatic heterocycles. The molecule has 2 amide bonds. The maximum atomic E-state index is 13.5. The number of rotatable bonds is 6. The number of nitrogens with one attached hydrogen (secondary N) is 2. The van der Waals surface area contributed by atoms with Crippen molar-refractivity contribution in [2.75, 3.05) is 10.6 Å². The zero-order valence-electron chi connectivity index (χ0n) is 15.0. The van der Waals surface area contributed by atoms with Gasteiger partial charge in [-0.2, -0.15) is 5.10 Å². The summed E-state index contributed by atoms with van der Waals surface area (Å²) in [6.07, 6.45) is 5.50. The Bertz CT molecular complexity index is 984. The lowest BCUT2D eigenvalue weighted by Crippen LogP contribution is -2.24. The molecule has 2 aromatic carbocycles. The minimum atomic E-state index is -0.509. The van der Waals surface area contributed by atoms with E-state index >= 15 is 0 Å². The fourth-order valence-electron chi connectivity index (χ4n) is 2.38. The Labute approximate surface area is 160 Å². The number of carbonyl (C=O) groups excluding carboxylic acids is 2. The number of aromatic nitrogens is 3. The van der Waals surface area contributed by atoms with Crippen molar-refractivity contribution in [3.05, 3.63) is 78.6 Å². The van der Waals surface area contributed by atoms with E-state index in [4.69, 9.17) is 0 Å². The van der Waals surface area contributed by atoms with Crippen molar-refractivity contribution in [1.82, 2.24) is 14.8 Å². The van der Waals surface area contributed by atoms with E-state index in [0.717, 1.165) is 0 Å². The van der Waals surface area contributed by atoms with Crippen LogP contribution in [0.25, 0.3) is 6.08 Å². The van der Waals surface area contributed by atoms with Gasteiger partial charge in [0.2, 0.25) is 11.8 Å². The van der Waals surface area contributed by atoms with Gasteiger partial charge in [0.15, 0.2) is 0 Å². The number of hydrogen-bond acceptors (Lipinski definition) is 4. The molecule has 3 aromatic rings. The van der Waals surface area contributed by atoms with E-state index in [-0.39, 0.29) is 11.8 Å². The van der Waals surface area contributed by atoms with Crippen molar-refractivity contribution in [2.24, 2.45) is 0 Å². The molecule has 1 unspecified atom stereocenters. The maximum Gasteiger partial charge on any atom is 0.249 e. The third kappa shape index (κ3) is 4.88. The van der Waals surface area contributed by atoms with E-state index < -0.39 is 11.9 Å². The molecule has 3 rings (SSSR count).